The number of nitrogens with zero attached hydrogens (tertiary/aromatic N) is 6. The first kappa shape index (κ1) is 19.7. The zero-order valence-corrected chi connectivity index (χ0v) is 16.5. The number of allylic oxidation sites excluding steroid dienone is 2. The summed E-state index contributed by atoms with van der Waals surface area (Å²) in [5, 5.41) is 12.5. The van der Waals surface area contributed by atoms with Crippen LogP contribution in [0.25, 0.3) is 16.5 Å². The second-order valence-corrected chi connectivity index (χ2v) is 7.04. The predicted molar refractivity (Wildman–Crippen MR) is 115 cm³/mol. The normalized spacial score (nSPS) is 14.2. The van der Waals surface area contributed by atoms with Gasteiger partial charge in [-0.05, 0) is 42.0 Å². The number of halogens is 3. The largest absolute Gasteiger partial charge is 0.433 e. The minimum absolute atomic E-state index is 0.390. The summed E-state index contributed by atoms with van der Waals surface area (Å²) in [4.78, 5) is 7.68. The van der Waals surface area contributed by atoms with E-state index in [1.165, 1.54) is 11.1 Å². The zero-order chi connectivity index (χ0) is 22.3. The molecule has 0 atom stereocenters. The fourth-order valence-corrected chi connectivity index (χ4v) is 3.46. The van der Waals surface area contributed by atoms with Crippen molar-refractivity contribution in [2.45, 2.75) is 6.18 Å². The van der Waals surface area contributed by atoms with Crippen LogP contribution in [-0.2, 0) is 6.18 Å². The third kappa shape index (κ3) is 3.43. The van der Waals surface area contributed by atoms with Gasteiger partial charge in [0.1, 0.15) is 11.4 Å². The molecule has 9 heteroatoms. The standard InChI is InChI=1S/C23H15F3N6/c1-15-9-12-31(17-5-6-21(28-14-17)23(24,25)26)30-22(15)20-8-11-29-32(20)19-4-2-3-16-13-27-10-7-18(16)19/h2-14H,1H2. The van der Waals surface area contributed by atoms with E-state index in [1.54, 1.807) is 35.5 Å². The highest BCUT2D eigenvalue weighted by molar-refractivity contribution is 6.14. The first-order valence-electron chi connectivity index (χ1n) is 9.58. The summed E-state index contributed by atoms with van der Waals surface area (Å²) < 4.78 is 40.3. The molecule has 32 heavy (non-hydrogen) atoms. The summed E-state index contributed by atoms with van der Waals surface area (Å²) in [6.45, 7) is 4.06. The molecule has 0 spiro atoms. The molecule has 0 saturated heterocycles. The molecule has 158 valence electrons. The van der Waals surface area contributed by atoms with E-state index in [2.05, 4.69) is 26.7 Å². The van der Waals surface area contributed by atoms with Gasteiger partial charge in [0.15, 0.2) is 0 Å². The number of alkyl halides is 3. The number of aromatic nitrogens is 4. The topological polar surface area (TPSA) is 59.2 Å². The fraction of sp³-hybridized carbons (Fsp3) is 0.0435. The van der Waals surface area contributed by atoms with Crippen molar-refractivity contribution in [3.63, 3.8) is 0 Å². The van der Waals surface area contributed by atoms with Gasteiger partial charge in [-0.3, -0.25) is 4.98 Å². The summed E-state index contributed by atoms with van der Waals surface area (Å²) in [5.74, 6) is 0. The number of hydrazone groups is 1. The van der Waals surface area contributed by atoms with Gasteiger partial charge in [-0.25, -0.2) is 14.7 Å². The number of benzene rings is 1. The Balaban J connectivity index is 1.56. The van der Waals surface area contributed by atoms with E-state index in [4.69, 9.17) is 0 Å². The van der Waals surface area contributed by atoms with Gasteiger partial charge >= 0.3 is 6.18 Å². The highest BCUT2D eigenvalue weighted by Crippen LogP contribution is 2.30. The van der Waals surface area contributed by atoms with Crippen LogP contribution < -0.4 is 5.01 Å². The zero-order valence-electron chi connectivity index (χ0n) is 16.5. The van der Waals surface area contributed by atoms with E-state index in [9.17, 15) is 13.2 Å². The lowest BCUT2D eigenvalue weighted by Crippen LogP contribution is -2.21. The minimum Gasteiger partial charge on any atom is -0.264 e. The summed E-state index contributed by atoms with van der Waals surface area (Å²) in [6, 6.07) is 11.8. The van der Waals surface area contributed by atoms with E-state index < -0.39 is 11.9 Å². The molecule has 0 radical (unpaired) electrons. The molecule has 0 fully saturated rings. The molecule has 5 rings (SSSR count). The Hall–Kier alpha value is -4.27. The summed E-state index contributed by atoms with van der Waals surface area (Å²) >= 11 is 0. The van der Waals surface area contributed by atoms with Gasteiger partial charge in [0.2, 0.25) is 0 Å². The fourth-order valence-electron chi connectivity index (χ4n) is 3.46. The maximum atomic E-state index is 12.8. The molecule has 1 aliphatic heterocycles. The second-order valence-electron chi connectivity index (χ2n) is 7.04. The Bertz CT molecular complexity index is 1380. The average molecular weight is 432 g/mol. The lowest BCUT2D eigenvalue weighted by molar-refractivity contribution is -0.141. The van der Waals surface area contributed by atoms with Gasteiger partial charge in [-0.1, -0.05) is 18.7 Å². The summed E-state index contributed by atoms with van der Waals surface area (Å²) in [6.07, 6.45) is 5.16. The first-order chi connectivity index (χ1) is 15.4. The van der Waals surface area contributed by atoms with Crippen molar-refractivity contribution in [1.82, 2.24) is 19.7 Å². The van der Waals surface area contributed by atoms with Crippen molar-refractivity contribution in [1.29, 1.82) is 0 Å². The summed E-state index contributed by atoms with van der Waals surface area (Å²) in [7, 11) is 0. The van der Waals surface area contributed by atoms with Crippen molar-refractivity contribution in [2.24, 2.45) is 5.10 Å². The van der Waals surface area contributed by atoms with Gasteiger partial charge in [0.25, 0.3) is 0 Å². The van der Waals surface area contributed by atoms with Crippen LogP contribution in [0.3, 0.4) is 0 Å². The molecule has 0 unspecified atom stereocenters. The third-order valence-corrected chi connectivity index (χ3v) is 5.00. The number of rotatable bonds is 3. The molecule has 1 aromatic carbocycles. The van der Waals surface area contributed by atoms with Crippen molar-refractivity contribution >= 4 is 22.2 Å². The molecule has 6 nitrogen and oxygen atoms in total. The van der Waals surface area contributed by atoms with Gasteiger partial charge in [-0.2, -0.15) is 23.4 Å². The number of hydrogen-bond acceptors (Lipinski definition) is 5. The van der Waals surface area contributed by atoms with E-state index in [1.807, 2.05) is 30.3 Å². The van der Waals surface area contributed by atoms with E-state index in [0.717, 1.165) is 28.7 Å². The molecule has 0 saturated carbocycles. The van der Waals surface area contributed by atoms with Crippen molar-refractivity contribution in [3.8, 4) is 5.69 Å². The third-order valence-electron chi connectivity index (χ3n) is 5.00. The molecule has 4 heterocycles. The summed E-state index contributed by atoms with van der Waals surface area (Å²) in [5.41, 5.74) is 2.15. The van der Waals surface area contributed by atoms with Gasteiger partial charge < -0.3 is 0 Å². The van der Waals surface area contributed by atoms with Crippen LogP contribution in [-0.4, -0.2) is 25.5 Å². The smallest absolute Gasteiger partial charge is 0.264 e. The minimum atomic E-state index is -4.50. The Labute approximate surface area is 180 Å². The SMILES string of the molecule is C=C1C=CN(c2ccc(C(F)(F)F)nc2)N=C1c1ccnn1-c1cccc2cnccc12. The molecular weight excluding hydrogens is 417 g/mol. The molecule has 0 bridgehead atoms. The number of fused-ring (bicyclic) bond motifs is 1. The van der Waals surface area contributed by atoms with E-state index in [0.29, 0.717) is 22.7 Å². The second kappa shape index (κ2) is 7.45. The van der Waals surface area contributed by atoms with Crippen molar-refractivity contribution < 1.29 is 13.2 Å². The molecule has 0 N–H and O–H groups in total. The maximum absolute atomic E-state index is 12.8. The highest BCUT2D eigenvalue weighted by Gasteiger charge is 2.32. The lowest BCUT2D eigenvalue weighted by atomic mass is 10.1. The van der Waals surface area contributed by atoms with E-state index >= 15 is 0 Å². The Kier molecular flexibility index (Phi) is 4.58. The average Bonchev–Trinajstić information content (AvgIpc) is 3.28. The number of pyridine rings is 2. The van der Waals surface area contributed by atoms with Crippen LogP contribution in [0.5, 0.6) is 0 Å². The number of anilines is 1. The quantitative estimate of drug-likeness (QED) is 0.451. The molecule has 0 amide bonds. The molecule has 3 aromatic heterocycles. The van der Waals surface area contributed by atoms with Crippen LogP contribution in [0.15, 0.2) is 96.8 Å². The van der Waals surface area contributed by atoms with Crippen LogP contribution in [0, 0.1) is 0 Å². The maximum Gasteiger partial charge on any atom is 0.433 e. The predicted octanol–water partition coefficient (Wildman–Crippen LogP) is 5.13. The van der Waals surface area contributed by atoms with Crippen LogP contribution in [0.1, 0.15) is 11.4 Å². The molecule has 0 aliphatic carbocycles. The highest BCUT2D eigenvalue weighted by atomic mass is 19.4. The van der Waals surface area contributed by atoms with Crippen molar-refractivity contribution in [2.75, 3.05) is 5.01 Å². The van der Waals surface area contributed by atoms with E-state index in [-0.39, 0.29) is 0 Å². The molecular formula is C23H15F3N6. The van der Waals surface area contributed by atoms with Crippen molar-refractivity contribution in [3.05, 3.63) is 103 Å². The lowest BCUT2D eigenvalue weighted by Gasteiger charge is -2.22. The van der Waals surface area contributed by atoms with Gasteiger partial charge in [-0.15, -0.1) is 0 Å². The Morgan fingerprint density at radius 2 is 1.81 bits per heavy atom. The van der Waals surface area contributed by atoms with Crippen LogP contribution in [0.4, 0.5) is 18.9 Å². The first-order valence-corrected chi connectivity index (χ1v) is 9.58. The monoisotopic (exact) mass is 432 g/mol. The van der Waals surface area contributed by atoms with Gasteiger partial charge in [0, 0.05) is 29.4 Å². The molecule has 4 aromatic rings. The Morgan fingerprint density at radius 1 is 0.938 bits per heavy atom. The van der Waals surface area contributed by atoms with Crippen LogP contribution >= 0.6 is 0 Å². The number of hydrogen-bond donors (Lipinski definition) is 0. The van der Waals surface area contributed by atoms with Crippen LogP contribution in [0.2, 0.25) is 0 Å². The van der Waals surface area contributed by atoms with Gasteiger partial charge in [0.05, 0.1) is 29.5 Å². The molecule has 1 aliphatic rings. The Morgan fingerprint density at radius 3 is 2.59 bits per heavy atom.